The maximum absolute atomic E-state index is 13.4. The highest BCUT2D eigenvalue weighted by Gasteiger charge is 2.41. The van der Waals surface area contributed by atoms with Gasteiger partial charge in [-0.2, -0.15) is 0 Å². The van der Waals surface area contributed by atoms with Crippen molar-refractivity contribution in [3.8, 4) is 16.9 Å². The number of fused-ring (bicyclic) bond motifs is 2. The minimum absolute atomic E-state index is 0.0194. The van der Waals surface area contributed by atoms with Gasteiger partial charge in [-0.3, -0.25) is 14.4 Å². The van der Waals surface area contributed by atoms with Crippen molar-refractivity contribution in [1.82, 2.24) is 15.1 Å². The molecule has 0 aliphatic carbocycles. The second-order valence-corrected chi connectivity index (χ2v) is 8.43. The van der Waals surface area contributed by atoms with Gasteiger partial charge >= 0.3 is 0 Å². The fraction of sp³-hybridized carbons (Fsp3) is 0.375. The summed E-state index contributed by atoms with van der Waals surface area (Å²) >= 11 is 0. The van der Waals surface area contributed by atoms with Crippen molar-refractivity contribution in [2.75, 3.05) is 38.6 Å². The third-order valence-electron chi connectivity index (χ3n) is 6.55. The van der Waals surface area contributed by atoms with Crippen molar-refractivity contribution in [2.45, 2.75) is 24.9 Å². The number of carbonyl (C=O) groups excluding carboxylic acids is 3. The molecule has 0 saturated carbocycles. The van der Waals surface area contributed by atoms with Crippen LogP contribution in [0.25, 0.3) is 11.1 Å². The summed E-state index contributed by atoms with van der Waals surface area (Å²) in [5.41, 5.74) is 2.80. The zero-order valence-corrected chi connectivity index (χ0v) is 18.0. The molecule has 8 nitrogen and oxygen atoms in total. The van der Waals surface area contributed by atoms with E-state index in [1.54, 1.807) is 23.0 Å². The first kappa shape index (κ1) is 20.5. The first-order valence-corrected chi connectivity index (χ1v) is 11.0. The van der Waals surface area contributed by atoms with E-state index in [4.69, 9.17) is 4.74 Å². The maximum Gasteiger partial charge on any atom is 0.256 e. The van der Waals surface area contributed by atoms with Gasteiger partial charge in [0.05, 0.1) is 30.9 Å². The topological polar surface area (TPSA) is 91.0 Å². The Balaban J connectivity index is 1.40. The van der Waals surface area contributed by atoms with E-state index in [0.29, 0.717) is 24.3 Å². The summed E-state index contributed by atoms with van der Waals surface area (Å²) < 4.78 is 5.22. The average Bonchev–Trinajstić information content (AvgIpc) is 3.35. The predicted octanol–water partition coefficient (Wildman–Crippen LogP) is 1.72. The molecular formula is C24H26N4O4. The third kappa shape index (κ3) is 3.60. The molecule has 2 saturated heterocycles. The summed E-state index contributed by atoms with van der Waals surface area (Å²) in [5.74, 6) is 0.330. The molecular weight excluding hydrogens is 408 g/mol. The molecule has 8 heteroatoms. The van der Waals surface area contributed by atoms with Gasteiger partial charge in [0.2, 0.25) is 11.8 Å². The normalized spacial score (nSPS) is 22.7. The number of hydrogen-bond donors (Lipinski definition) is 2. The van der Waals surface area contributed by atoms with E-state index >= 15 is 0 Å². The van der Waals surface area contributed by atoms with E-state index in [2.05, 4.69) is 10.6 Å². The van der Waals surface area contributed by atoms with Crippen LogP contribution in [0.2, 0.25) is 0 Å². The lowest BCUT2D eigenvalue weighted by Crippen LogP contribution is -2.61. The number of carbonyl (C=O) groups is 3. The van der Waals surface area contributed by atoms with Gasteiger partial charge in [-0.15, -0.1) is 0 Å². The van der Waals surface area contributed by atoms with Gasteiger partial charge in [-0.05, 0) is 54.8 Å². The summed E-state index contributed by atoms with van der Waals surface area (Å²) in [6.07, 6.45) is 1.79. The van der Waals surface area contributed by atoms with Crippen LogP contribution in [0.5, 0.6) is 5.75 Å². The number of amides is 3. The molecule has 3 aliphatic heterocycles. The minimum atomic E-state index is -0.696. The summed E-state index contributed by atoms with van der Waals surface area (Å²) in [5, 5.41) is 6.12. The minimum Gasteiger partial charge on any atom is -0.497 e. The smallest absolute Gasteiger partial charge is 0.256 e. The third-order valence-corrected chi connectivity index (χ3v) is 6.55. The van der Waals surface area contributed by atoms with E-state index in [1.165, 1.54) is 0 Å². The number of anilines is 1. The molecule has 2 atom stereocenters. The van der Waals surface area contributed by atoms with Crippen LogP contribution in [0.3, 0.4) is 0 Å². The van der Waals surface area contributed by atoms with Gasteiger partial charge in [0.25, 0.3) is 5.91 Å². The number of rotatable bonds is 3. The lowest BCUT2D eigenvalue weighted by atomic mass is 10.0. The van der Waals surface area contributed by atoms with E-state index in [0.717, 1.165) is 36.3 Å². The van der Waals surface area contributed by atoms with Gasteiger partial charge in [-0.1, -0.05) is 18.2 Å². The highest BCUT2D eigenvalue weighted by molar-refractivity contribution is 6.10. The number of nitrogens with zero attached hydrogens (tertiary/aromatic N) is 2. The molecule has 0 radical (unpaired) electrons. The Labute approximate surface area is 186 Å². The molecule has 3 heterocycles. The number of piperazine rings is 1. The van der Waals surface area contributed by atoms with Gasteiger partial charge < -0.3 is 25.2 Å². The summed E-state index contributed by atoms with van der Waals surface area (Å²) in [7, 11) is 1.62. The van der Waals surface area contributed by atoms with Crippen molar-refractivity contribution >= 4 is 23.4 Å². The summed E-state index contributed by atoms with van der Waals surface area (Å²) in [4.78, 5) is 42.6. The number of nitrogens with one attached hydrogen (secondary N) is 2. The van der Waals surface area contributed by atoms with Crippen molar-refractivity contribution in [3.05, 3.63) is 48.0 Å². The maximum atomic E-state index is 13.4. The van der Waals surface area contributed by atoms with Crippen molar-refractivity contribution in [2.24, 2.45) is 0 Å². The average molecular weight is 434 g/mol. The van der Waals surface area contributed by atoms with Crippen LogP contribution in [0.1, 0.15) is 23.2 Å². The molecule has 5 rings (SSSR count). The van der Waals surface area contributed by atoms with Crippen LogP contribution >= 0.6 is 0 Å². The lowest BCUT2D eigenvalue weighted by Gasteiger charge is -2.40. The zero-order valence-electron chi connectivity index (χ0n) is 18.0. The van der Waals surface area contributed by atoms with Crippen molar-refractivity contribution in [3.63, 3.8) is 0 Å². The van der Waals surface area contributed by atoms with Crippen molar-refractivity contribution in [1.29, 1.82) is 0 Å². The summed E-state index contributed by atoms with van der Waals surface area (Å²) in [6, 6.07) is 12.2. The Morgan fingerprint density at radius 1 is 1.06 bits per heavy atom. The molecule has 0 bridgehead atoms. The monoisotopic (exact) mass is 434 g/mol. The molecule has 2 fully saturated rings. The second-order valence-electron chi connectivity index (χ2n) is 8.43. The zero-order chi connectivity index (χ0) is 22.2. The fourth-order valence-corrected chi connectivity index (χ4v) is 4.73. The number of ether oxygens (including phenoxy) is 1. The van der Waals surface area contributed by atoms with Crippen LogP contribution in [0.15, 0.2) is 42.5 Å². The second kappa shape index (κ2) is 8.27. The van der Waals surface area contributed by atoms with Crippen LogP contribution in [0, 0.1) is 0 Å². The molecule has 166 valence electrons. The Bertz CT molecular complexity index is 1060. The van der Waals surface area contributed by atoms with Crippen molar-refractivity contribution < 1.29 is 19.1 Å². The van der Waals surface area contributed by atoms with Crippen LogP contribution in [-0.2, 0) is 9.59 Å². The SMILES string of the molecule is COc1ccc(-c2ccc3c(c2)C(=O)N2CCN(C(=O)[C@H]4CCCN4)C[C@H]2C(=O)N3)cc1. The number of hydrogen-bond acceptors (Lipinski definition) is 5. The first-order valence-electron chi connectivity index (χ1n) is 11.0. The molecule has 0 unspecified atom stereocenters. The number of benzene rings is 2. The van der Waals surface area contributed by atoms with E-state index in [-0.39, 0.29) is 30.3 Å². The molecule has 3 amide bonds. The van der Waals surface area contributed by atoms with Gasteiger partial charge in [0.15, 0.2) is 0 Å². The number of methoxy groups -OCH3 is 1. The molecule has 2 aromatic carbocycles. The van der Waals surface area contributed by atoms with Crippen LogP contribution in [-0.4, -0.2) is 72.9 Å². The Morgan fingerprint density at radius 3 is 2.56 bits per heavy atom. The van der Waals surface area contributed by atoms with E-state index in [1.807, 2.05) is 36.4 Å². The summed E-state index contributed by atoms with van der Waals surface area (Å²) in [6.45, 7) is 1.82. The lowest BCUT2D eigenvalue weighted by molar-refractivity contribution is -0.137. The molecule has 3 aliphatic rings. The van der Waals surface area contributed by atoms with Crippen LogP contribution < -0.4 is 15.4 Å². The standard InChI is InChI=1S/C24H26N4O4/c1-32-17-7-4-15(5-8-17)16-6-9-19-18(13-16)23(30)28-12-11-27(14-21(28)22(29)26-19)24(31)20-3-2-10-25-20/h4-9,13,20-21,25H,2-3,10-12,14H2,1H3,(H,26,29)/t20-,21+/m1/s1. The van der Waals surface area contributed by atoms with Gasteiger partial charge in [0.1, 0.15) is 11.8 Å². The molecule has 2 N–H and O–H groups in total. The molecule has 0 spiro atoms. The largest absolute Gasteiger partial charge is 0.497 e. The Morgan fingerprint density at radius 2 is 1.84 bits per heavy atom. The predicted molar refractivity (Wildman–Crippen MR) is 119 cm³/mol. The fourth-order valence-electron chi connectivity index (χ4n) is 4.73. The van der Waals surface area contributed by atoms with Gasteiger partial charge in [0, 0.05) is 13.1 Å². The first-order chi connectivity index (χ1) is 15.5. The highest BCUT2D eigenvalue weighted by atomic mass is 16.5. The molecule has 32 heavy (non-hydrogen) atoms. The highest BCUT2D eigenvalue weighted by Crippen LogP contribution is 2.31. The molecule has 2 aromatic rings. The Kier molecular flexibility index (Phi) is 5.30. The van der Waals surface area contributed by atoms with E-state index < -0.39 is 6.04 Å². The van der Waals surface area contributed by atoms with Crippen LogP contribution in [0.4, 0.5) is 5.69 Å². The van der Waals surface area contributed by atoms with Gasteiger partial charge in [-0.25, -0.2) is 0 Å². The quantitative estimate of drug-likeness (QED) is 0.768. The van der Waals surface area contributed by atoms with E-state index in [9.17, 15) is 14.4 Å². The molecule has 0 aromatic heterocycles. The Hall–Kier alpha value is -3.39.